The molecule has 0 fully saturated rings. The van der Waals surface area contributed by atoms with Crippen molar-refractivity contribution in [3.8, 4) is 11.3 Å². The average molecular weight is 230 g/mol. The van der Waals surface area contributed by atoms with Crippen LogP contribution in [0.25, 0.3) is 11.3 Å². The minimum atomic E-state index is 0.372. The van der Waals surface area contributed by atoms with Crippen molar-refractivity contribution < 1.29 is 0 Å². The van der Waals surface area contributed by atoms with E-state index in [1.165, 1.54) is 0 Å². The summed E-state index contributed by atoms with van der Waals surface area (Å²) in [5, 5.41) is 7.15. The number of pyridine rings is 1. The molecular weight excluding hydrogens is 212 g/mol. The van der Waals surface area contributed by atoms with Crippen molar-refractivity contribution in [2.45, 2.75) is 26.7 Å². The first-order chi connectivity index (χ1) is 8.11. The minimum Gasteiger partial charge on any atom is -0.382 e. The Kier molecular flexibility index (Phi) is 3.13. The minimum absolute atomic E-state index is 0.372. The molecule has 2 heterocycles. The van der Waals surface area contributed by atoms with Crippen LogP contribution in [-0.4, -0.2) is 15.2 Å². The summed E-state index contributed by atoms with van der Waals surface area (Å²) >= 11 is 0. The molecule has 2 aromatic heterocycles. The number of nitrogen functional groups attached to an aromatic ring is 1. The first-order valence-corrected chi connectivity index (χ1v) is 5.86. The quantitative estimate of drug-likeness (QED) is 0.852. The van der Waals surface area contributed by atoms with Crippen molar-refractivity contribution in [2.75, 3.05) is 5.73 Å². The maximum Gasteiger partial charge on any atom is 0.154 e. The van der Waals surface area contributed by atoms with Crippen LogP contribution in [0.15, 0.2) is 24.4 Å². The Hall–Kier alpha value is -1.84. The van der Waals surface area contributed by atoms with Gasteiger partial charge in [-0.2, -0.15) is 5.10 Å². The number of anilines is 1. The van der Waals surface area contributed by atoms with E-state index in [2.05, 4.69) is 36.0 Å². The molecule has 0 aliphatic carbocycles. The highest BCUT2D eigenvalue weighted by Crippen LogP contribution is 2.33. The predicted octanol–water partition coefficient (Wildman–Crippen LogP) is 2.81. The van der Waals surface area contributed by atoms with Gasteiger partial charge in [-0.3, -0.25) is 10.1 Å². The highest BCUT2D eigenvalue weighted by Gasteiger charge is 2.20. The zero-order valence-electron chi connectivity index (χ0n) is 10.4. The molecule has 0 radical (unpaired) electrons. The predicted molar refractivity (Wildman–Crippen MR) is 69.5 cm³/mol. The molecule has 4 nitrogen and oxygen atoms in total. The summed E-state index contributed by atoms with van der Waals surface area (Å²) in [4.78, 5) is 4.34. The normalized spacial score (nSPS) is 12.9. The SMILES string of the molecule is CC(C)C(C)c1[nH]nc(N)c1-c1ccccn1. The van der Waals surface area contributed by atoms with Crippen molar-refractivity contribution >= 4 is 5.82 Å². The molecule has 0 spiro atoms. The van der Waals surface area contributed by atoms with Crippen LogP contribution >= 0.6 is 0 Å². The Bertz CT molecular complexity index is 487. The Morgan fingerprint density at radius 3 is 2.59 bits per heavy atom. The summed E-state index contributed by atoms with van der Waals surface area (Å²) in [5.41, 5.74) is 8.81. The van der Waals surface area contributed by atoms with E-state index in [0.717, 1.165) is 17.0 Å². The lowest BCUT2D eigenvalue weighted by Gasteiger charge is -2.15. The second-order valence-corrected chi connectivity index (χ2v) is 4.65. The van der Waals surface area contributed by atoms with Gasteiger partial charge in [0, 0.05) is 17.8 Å². The van der Waals surface area contributed by atoms with E-state index in [4.69, 9.17) is 5.73 Å². The second kappa shape index (κ2) is 4.57. The van der Waals surface area contributed by atoms with Gasteiger partial charge in [-0.25, -0.2) is 0 Å². The second-order valence-electron chi connectivity index (χ2n) is 4.65. The monoisotopic (exact) mass is 230 g/mol. The lowest BCUT2D eigenvalue weighted by atomic mass is 9.91. The lowest BCUT2D eigenvalue weighted by molar-refractivity contribution is 0.523. The van der Waals surface area contributed by atoms with E-state index in [0.29, 0.717) is 17.7 Å². The fraction of sp³-hybridized carbons (Fsp3) is 0.385. The molecule has 1 unspecified atom stereocenters. The van der Waals surface area contributed by atoms with Crippen molar-refractivity contribution in [1.29, 1.82) is 0 Å². The molecular formula is C13H18N4. The molecule has 90 valence electrons. The van der Waals surface area contributed by atoms with E-state index >= 15 is 0 Å². The van der Waals surface area contributed by atoms with Gasteiger partial charge in [0.15, 0.2) is 5.82 Å². The van der Waals surface area contributed by atoms with Crippen molar-refractivity contribution in [2.24, 2.45) is 5.92 Å². The molecule has 3 N–H and O–H groups in total. The number of rotatable bonds is 3. The third-order valence-corrected chi connectivity index (χ3v) is 3.20. The first kappa shape index (κ1) is 11.6. The van der Waals surface area contributed by atoms with Crippen LogP contribution < -0.4 is 5.73 Å². The van der Waals surface area contributed by atoms with E-state index < -0.39 is 0 Å². The molecule has 0 aliphatic heterocycles. The van der Waals surface area contributed by atoms with Crippen LogP contribution in [0.2, 0.25) is 0 Å². The number of H-pyrrole nitrogens is 1. The maximum atomic E-state index is 5.93. The Morgan fingerprint density at radius 1 is 1.24 bits per heavy atom. The zero-order chi connectivity index (χ0) is 12.4. The number of nitrogens with zero attached hydrogens (tertiary/aromatic N) is 2. The number of nitrogens with one attached hydrogen (secondary N) is 1. The van der Waals surface area contributed by atoms with E-state index in [9.17, 15) is 0 Å². The molecule has 0 aromatic carbocycles. The van der Waals surface area contributed by atoms with Gasteiger partial charge in [0.2, 0.25) is 0 Å². The fourth-order valence-corrected chi connectivity index (χ4v) is 1.81. The van der Waals surface area contributed by atoms with Crippen LogP contribution in [0.1, 0.15) is 32.4 Å². The summed E-state index contributed by atoms with van der Waals surface area (Å²) in [6.45, 7) is 6.54. The van der Waals surface area contributed by atoms with Crippen LogP contribution in [-0.2, 0) is 0 Å². The third kappa shape index (κ3) is 2.16. The number of aromatic nitrogens is 3. The summed E-state index contributed by atoms with van der Waals surface area (Å²) in [6, 6.07) is 5.81. The third-order valence-electron chi connectivity index (χ3n) is 3.20. The van der Waals surface area contributed by atoms with E-state index in [1.807, 2.05) is 18.2 Å². The molecule has 0 amide bonds. The standard InChI is InChI=1S/C13H18N4/c1-8(2)9(3)12-11(13(14)17-16-12)10-6-4-5-7-15-10/h4-9H,1-3H3,(H3,14,16,17). The van der Waals surface area contributed by atoms with Gasteiger partial charge in [-0.05, 0) is 18.1 Å². The summed E-state index contributed by atoms with van der Waals surface area (Å²) < 4.78 is 0. The largest absolute Gasteiger partial charge is 0.382 e. The number of hydrogen-bond donors (Lipinski definition) is 2. The summed E-state index contributed by atoms with van der Waals surface area (Å²) in [5.74, 6) is 1.42. The highest BCUT2D eigenvalue weighted by atomic mass is 15.2. The first-order valence-electron chi connectivity index (χ1n) is 5.86. The van der Waals surface area contributed by atoms with Crippen LogP contribution in [0.5, 0.6) is 0 Å². The maximum absolute atomic E-state index is 5.93. The number of hydrogen-bond acceptors (Lipinski definition) is 3. The van der Waals surface area contributed by atoms with Gasteiger partial charge >= 0.3 is 0 Å². The number of nitrogens with two attached hydrogens (primary N) is 1. The number of aromatic amines is 1. The van der Waals surface area contributed by atoms with Crippen molar-refractivity contribution in [3.63, 3.8) is 0 Å². The van der Waals surface area contributed by atoms with Crippen molar-refractivity contribution in [3.05, 3.63) is 30.1 Å². The molecule has 0 aliphatic rings. The topological polar surface area (TPSA) is 67.6 Å². The average Bonchev–Trinajstić information content (AvgIpc) is 2.71. The summed E-state index contributed by atoms with van der Waals surface area (Å²) in [7, 11) is 0. The molecule has 2 aromatic rings. The van der Waals surface area contributed by atoms with Gasteiger partial charge in [0.05, 0.1) is 11.3 Å². The molecule has 0 saturated carbocycles. The van der Waals surface area contributed by atoms with Crippen LogP contribution in [0.4, 0.5) is 5.82 Å². The Morgan fingerprint density at radius 2 is 2.00 bits per heavy atom. The molecule has 17 heavy (non-hydrogen) atoms. The van der Waals surface area contributed by atoms with E-state index in [1.54, 1.807) is 6.20 Å². The fourth-order valence-electron chi connectivity index (χ4n) is 1.81. The lowest BCUT2D eigenvalue weighted by Crippen LogP contribution is -2.04. The van der Waals surface area contributed by atoms with Gasteiger partial charge < -0.3 is 5.73 Å². The zero-order valence-corrected chi connectivity index (χ0v) is 10.4. The van der Waals surface area contributed by atoms with E-state index in [-0.39, 0.29) is 0 Å². The highest BCUT2D eigenvalue weighted by molar-refractivity contribution is 5.73. The summed E-state index contributed by atoms with van der Waals surface area (Å²) in [6.07, 6.45) is 1.77. The molecule has 1 atom stereocenters. The molecule has 2 rings (SSSR count). The van der Waals surface area contributed by atoms with Gasteiger partial charge in [0.25, 0.3) is 0 Å². The van der Waals surface area contributed by atoms with Gasteiger partial charge in [-0.15, -0.1) is 0 Å². The molecule has 0 saturated heterocycles. The molecule has 4 heteroatoms. The smallest absolute Gasteiger partial charge is 0.154 e. The Balaban J connectivity index is 2.51. The van der Waals surface area contributed by atoms with Crippen molar-refractivity contribution in [1.82, 2.24) is 15.2 Å². The Labute approximate surface area is 101 Å². The molecule has 0 bridgehead atoms. The van der Waals surface area contributed by atoms with Crippen LogP contribution in [0, 0.1) is 5.92 Å². The van der Waals surface area contributed by atoms with Crippen LogP contribution in [0.3, 0.4) is 0 Å². The van der Waals surface area contributed by atoms with Gasteiger partial charge in [-0.1, -0.05) is 26.8 Å². The van der Waals surface area contributed by atoms with Gasteiger partial charge in [0.1, 0.15) is 0 Å².